The van der Waals surface area contributed by atoms with Crippen LogP contribution in [0.4, 0.5) is 0 Å². The number of nitrogens with zero attached hydrogens (tertiary/aromatic N) is 2. The average Bonchev–Trinajstić information content (AvgIpc) is 2.72. The lowest BCUT2D eigenvalue weighted by atomic mass is 10.1. The molecule has 1 aliphatic heterocycles. The fourth-order valence-corrected chi connectivity index (χ4v) is 4.78. The van der Waals surface area contributed by atoms with Crippen LogP contribution in [-0.4, -0.2) is 66.9 Å². The second-order valence-corrected chi connectivity index (χ2v) is 10.2. The Morgan fingerprint density at radius 2 is 1.39 bits per heavy atom. The molecule has 9 heteroatoms. The number of phenols is 1. The third-order valence-electron chi connectivity index (χ3n) is 4.84. The van der Waals surface area contributed by atoms with E-state index in [2.05, 4.69) is 4.72 Å². The molecule has 0 aromatic heterocycles. The fourth-order valence-electron chi connectivity index (χ4n) is 3.36. The van der Waals surface area contributed by atoms with E-state index in [0.717, 1.165) is 0 Å². The van der Waals surface area contributed by atoms with Crippen LogP contribution < -0.4 is 4.72 Å². The molecular formula is C22H27N3O5S. The minimum atomic E-state index is -3.67. The molecule has 1 aliphatic rings. The van der Waals surface area contributed by atoms with Gasteiger partial charge in [0.05, 0.1) is 10.5 Å². The van der Waals surface area contributed by atoms with E-state index in [-0.39, 0.29) is 28.0 Å². The zero-order valence-electron chi connectivity index (χ0n) is 17.8. The largest absolute Gasteiger partial charge is 0.507 e. The van der Waals surface area contributed by atoms with E-state index in [4.69, 9.17) is 0 Å². The Morgan fingerprint density at radius 3 is 1.90 bits per heavy atom. The number of aromatic hydroxyl groups is 1. The maximum absolute atomic E-state index is 12.8. The highest BCUT2D eigenvalue weighted by Crippen LogP contribution is 2.20. The van der Waals surface area contributed by atoms with Gasteiger partial charge in [0.15, 0.2) is 0 Å². The van der Waals surface area contributed by atoms with Crippen LogP contribution >= 0.6 is 0 Å². The second kappa shape index (κ2) is 8.68. The molecule has 0 atom stereocenters. The summed E-state index contributed by atoms with van der Waals surface area (Å²) in [5.41, 5.74) is 0.0131. The van der Waals surface area contributed by atoms with Gasteiger partial charge in [0.1, 0.15) is 5.75 Å². The first-order chi connectivity index (χ1) is 14.5. The van der Waals surface area contributed by atoms with Gasteiger partial charge in [-0.25, -0.2) is 13.1 Å². The molecule has 0 radical (unpaired) electrons. The Hall–Kier alpha value is -2.91. The maximum atomic E-state index is 12.8. The van der Waals surface area contributed by atoms with Crippen LogP contribution in [0.3, 0.4) is 0 Å². The molecule has 0 unspecified atom stereocenters. The van der Waals surface area contributed by atoms with Gasteiger partial charge in [-0.05, 0) is 57.2 Å². The Bertz CT molecular complexity index is 1070. The van der Waals surface area contributed by atoms with Crippen molar-refractivity contribution >= 4 is 21.8 Å². The predicted molar refractivity (Wildman–Crippen MR) is 116 cm³/mol. The van der Waals surface area contributed by atoms with Gasteiger partial charge in [-0.2, -0.15) is 0 Å². The van der Waals surface area contributed by atoms with E-state index in [1.807, 2.05) is 0 Å². The van der Waals surface area contributed by atoms with E-state index in [1.54, 1.807) is 48.8 Å². The minimum Gasteiger partial charge on any atom is -0.507 e. The number of hydrogen-bond acceptors (Lipinski definition) is 5. The van der Waals surface area contributed by atoms with Crippen molar-refractivity contribution in [1.82, 2.24) is 14.5 Å². The number of nitrogens with one attached hydrogen (secondary N) is 1. The summed E-state index contributed by atoms with van der Waals surface area (Å²) in [6.07, 6.45) is 0. The van der Waals surface area contributed by atoms with Crippen LogP contribution in [0.25, 0.3) is 0 Å². The summed E-state index contributed by atoms with van der Waals surface area (Å²) < 4.78 is 27.4. The summed E-state index contributed by atoms with van der Waals surface area (Å²) in [7, 11) is -3.67. The quantitative estimate of drug-likeness (QED) is 0.749. The fraction of sp³-hybridized carbons (Fsp3) is 0.364. The third-order valence-corrected chi connectivity index (χ3v) is 6.61. The summed E-state index contributed by atoms with van der Waals surface area (Å²) in [6, 6.07) is 12.2. The Morgan fingerprint density at radius 1 is 0.871 bits per heavy atom. The molecule has 0 spiro atoms. The van der Waals surface area contributed by atoms with Gasteiger partial charge in [-0.1, -0.05) is 12.1 Å². The van der Waals surface area contributed by atoms with E-state index in [9.17, 15) is 23.1 Å². The second-order valence-electron chi connectivity index (χ2n) is 8.48. The Balaban J connectivity index is 1.63. The van der Waals surface area contributed by atoms with Gasteiger partial charge in [-0.3, -0.25) is 9.59 Å². The molecule has 3 rings (SSSR count). The number of hydrogen-bond donors (Lipinski definition) is 2. The molecule has 1 saturated heterocycles. The zero-order valence-corrected chi connectivity index (χ0v) is 18.6. The summed E-state index contributed by atoms with van der Waals surface area (Å²) in [5, 5.41) is 9.88. The number of carbonyl (C=O) groups excluding carboxylic acids is 2. The maximum Gasteiger partial charge on any atom is 0.257 e. The molecule has 2 aromatic carbocycles. The van der Waals surface area contributed by atoms with Crippen molar-refractivity contribution in [3.8, 4) is 5.75 Å². The lowest BCUT2D eigenvalue weighted by molar-refractivity contribution is 0.0533. The molecule has 0 saturated carbocycles. The molecule has 31 heavy (non-hydrogen) atoms. The van der Waals surface area contributed by atoms with Crippen molar-refractivity contribution in [2.24, 2.45) is 0 Å². The van der Waals surface area contributed by atoms with Gasteiger partial charge >= 0.3 is 0 Å². The minimum absolute atomic E-state index is 0.0676. The highest BCUT2D eigenvalue weighted by Gasteiger charge is 2.27. The number of sulfonamides is 1. The first-order valence-electron chi connectivity index (χ1n) is 9.98. The highest BCUT2D eigenvalue weighted by atomic mass is 32.2. The number of benzene rings is 2. The van der Waals surface area contributed by atoms with Crippen LogP contribution in [0.1, 0.15) is 41.5 Å². The summed E-state index contributed by atoms with van der Waals surface area (Å²) in [5.74, 6) is -0.560. The summed E-state index contributed by atoms with van der Waals surface area (Å²) in [4.78, 5) is 28.7. The number of amides is 2. The third kappa shape index (κ3) is 5.42. The van der Waals surface area contributed by atoms with Crippen molar-refractivity contribution < 1.29 is 23.1 Å². The van der Waals surface area contributed by atoms with Crippen molar-refractivity contribution in [3.63, 3.8) is 0 Å². The zero-order chi connectivity index (χ0) is 22.8. The molecule has 0 bridgehead atoms. The number of phenolic OH excluding ortho intramolecular Hbond substituents is 1. The van der Waals surface area contributed by atoms with Crippen LogP contribution in [0.5, 0.6) is 5.75 Å². The van der Waals surface area contributed by atoms with Gasteiger partial charge in [0, 0.05) is 37.3 Å². The van der Waals surface area contributed by atoms with Crippen molar-refractivity contribution in [3.05, 3.63) is 59.7 Å². The van der Waals surface area contributed by atoms with Crippen LogP contribution in [-0.2, 0) is 10.0 Å². The Labute approximate surface area is 182 Å². The first-order valence-corrected chi connectivity index (χ1v) is 11.5. The normalized spacial score (nSPS) is 15.1. The molecule has 2 aromatic rings. The predicted octanol–water partition coefficient (Wildman–Crippen LogP) is 2.07. The van der Waals surface area contributed by atoms with E-state index in [0.29, 0.717) is 31.7 Å². The summed E-state index contributed by atoms with van der Waals surface area (Å²) >= 11 is 0. The van der Waals surface area contributed by atoms with Crippen LogP contribution in [0.2, 0.25) is 0 Å². The lowest BCUT2D eigenvalue weighted by Crippen LogP contribution is -2.50. The number of carbonyl (C=O) groups is 2. The highest BCUT2D eigenvalue weighted by molar-refractivity contribution is 7.89. The topological polar surface area (TPSA) is 107 Å². The lowest BCUT2D eigenvalue weighted by Gasteiger charge is -2.35. The molecule has 8 nitrogen and oxygen atoms in total. The van der Waals surface area contributed by atoms with E-state index in [1.165, 1.54) is 30.3 Å². The molecule has 166 valence electrons. The number of para-hydroxylation sites is 1. The molecule has 1 heterocycles. The van der Waals surface area contributed by atoms with E-state index < -0.39 is 15.6 Å². The van der Waals surface area contributed by atoms with Crippen molar-refractivity contribution in [1.29, 1.82) is 0 Å². The van der Waals surface area contributed by atoms with Crippen molar-refractivity contribution in [2.75, 3.05) is 26.2 Å². The van der Waals surface area contributed by atoms with Gasteiger partial charge in [0.25, 0.3) is 11.8 Å². The standard InChI is InChI=1S/C22H27N3O5S/c1-22(2,3)23-31(29,30)17-10-8-16(9-11-17)20(27)24-12-14-25(15-13-24)21(28)18-6-4-5-7-19(18)26/h4-11,23,26H,12-15H2,1-3H3. The monoisotopic (exact) mass is 445 g/mol. The van der Waals surface area contributed by atoms with Crippen LogP contribution in [0, 0.1) is 0 Å². The first kappa shape index (κ1) is 22.8. The molecule has 0 aliphatic carbocycles. The molecule has 1 fully saturated rings. The number of piperazine rings is 1. The number of rotatable bonds is 4. The van der Waals surface area contributed by atoms with Crippen molar-refractivity contribution in [2.45, 2.75) is 31.2 Å². The van der Waals surface area contributed by atoms with Crippen LogP contribution in [0.15, 0.2) is 53.4 Å². The van der Waals surface area contributed by atoms with Gasteiger partial charge < -0.3 is 14.9 Å². The average molecular weight is 446 g/mol. The van der Waals surface area contributed by atoms with E-state index >= 15 is 0 Å². The molecular weight excluding hydrogens is 418 g/mol. The summed E-state index contributed by atoms with van der Waals surface area (Å²) in [6.45, 7) is 6.67. The smallest absolute Gasteiger partial charge is 0.257 e. The van der Waals surface area contributed by atoms with Gasteiger partial charge in [0.2, 0.25) is 10.0 Å². The van der Waals surface area contributed by atoms with Gasteiger partial charge in [-0.15, -0.1) is 0 Å². The Kier molecular flexibility index (Phi) is 6.38. The molecule has 2 N–H and O–H groups in total. The SMILES string of the molecule is CC(C)(C)NS(=O)(=O)c1ccc(C(=O)N2CCN(C(=O)c3ccccc3O)CC2)cc1. The molecule has 2 amide bonds.